The maximum atomic E-state index is 12.5. The van der Waals surface area contributed by atoms with Crippen molar-refractivity contribution < 1.29 is 8.42 Å². The van der Waals surface area contributed by atoms with Crippen molar-refractivity contribution in [2.24, 2.45) is 0 Å². The summed E-state index contributed by atoms with van der Waals surface area (Å²) in [6, 6.07) is 0. The van der Waals surface area contributed by atoms with E-state index in [-0.39, 0.29) is 4.90 Å². The predicted molar refractivity (Wildman–Crippen MR) is 67.8 cm³/mol. The van der Waals surface area contributed by atoms with E-state index < -0.39 is 10.0 Å². The van der Waals surface area contributed by atoms with Gasteiger partial charge < -0.3 is 4.98 Å². The van der Waals surface area contributed by atoms with E-state index >= 15 is 0 Å². The summed E-state index contributed by atoms with van der Waals surface area (Å²) in [7, 11) is -3.47. The van der Waals surface area contributed by atoms with Crippen molar-refractivity contribution in [2.45, 2.75) is 31.3 Å². The Balaban J connectivity index is 1.89. The zero-order chi connectivity index (χ0) is 13.5. The van der Waals surface area contributed by atoms with Crippen LogP contribution in [0.1, 0.15) is 18.3 Å². The molecule has 0 aromatic carbocycles. The number of hydrogen-bond donors (Lipinski definition) is 1. The van der Waals surface area contributed by atoms with E-state index in [4.69, 9.17) is 0 Å². The summed E-state index contributed by atoms with van der Waals surface area (Å²) >= 11 is 0. The Labute approximate surface area is 111 Å². The quantitative estimate of drug-likeness (QED) is 0.881. The van der Waals surface area contributed by atoms with Gasteiger partial charge in [0.1, 0.15) is 4.90 Å². The minimum absolute atomic E-state index is 0.248. The minimum atomic E-state index is -3.47. The lowest BCUT2D eigenvalue weighted by molar-refractivity contribution is 0.385. The van der Waals surface area contributed by atoms with Crippen molar-refractivity contribution in [1.29, 1.82) is 0 Å². The predicted octanol–water partition coefficient (Wildman–Crippen LogP) is 0.373. The number of nitrogens with one attached hydrogen (secondary N) is 1. The molecular formula is C11H15N5O2S. The number of H-pyrrole nitrogens is 1. The highest BCUT2D eigenvalue weighted by atomic mass is 32.2. The molecule has 7 nitrogen and oxygen atoms in total. The maximum Gasteiger partial charge on any atom is 0.246 e. The standard InChI is InChI=1S/C11H15N5O2S/c1-2-15-6-9(5-14-15)19(17,18)16-4-3-10-11(7-16)13-8-12-10/h5-6,8H,2-4,7H2,1H3,(H,12,13). The molecular weight excluding hydrogens is 266 g/mol. The van der Waals surface area contributed by atoms with Crippen LogP contribution in [0.15, 0.2) is 23.6 Å². The fraction of sp³-hybridized carbons (Fsp3) is 0.455. The highest BCUT2D eigenvalue weighted by molar-refractivity contribution is 7.89. The topological polar surface area (TPSA) is 83.9 Å². The molecule has 0 radical (unpaired) electrons. The normalized spacial score (nSPS) is 16.5. The van der Waals surface area contributed by atoms with Gasteiger partial charge in [-0.1, -0.05) is 0 Å². The zero-order valence-corrected chi connectivity index (χ0v) is 11.4. The molecule has 0 spiro atoms. The molecule has 0 saturated carbocycles. The van der Waals surface area contributed by atoms with Crippen molar-refractivity contribution in [3.05, 3.63) is 30.1 Å². The molecule has 0 amide bonds. The average molecular weight is 281 g/mol. The van der Waals surface area contributed by atoms with Crippen molar-refractivity contribution >= 4 is 10.0 Å². The summed E-state index contributed by atoms with van der Waals surface area (Å²) in [5.41, 5.74) is 1.83. The van der Waals surface area contributed by atoms with Crippen LogP contribution in [-0.2, 0) is 29.5 Å². The second-order valence-corrected chi connectivity index (χ2v) is 6.39. The van der Waals surface area contributed by atoms with Gasteiger partial charge in [0.05, 0.1) is 30.5 Å². The summed E-state index contributed by atoms with van der Waals surface area (Å²) in [6.45, 7) is 3.37. The van der Waals surface area contributed by atoms with Crippen LogP contribution in [0, 0.1) is 0 Å². The Kier molecular flexibility index (Phi) is 2.90. The van der Waals surface area contributed by atoms with E-state index in [1.165, 1.54) is 10.5 Å². The monoisotopic (exact) mass is 281 g/mol. The minimum Gasteiger partial charge on any atom is -0.347 e. The van der Waals surface area contributed by atoms with E-state index in [0.29, 0.717) is 26.1 Å². The van der Waals surface area contributed by atoms with Crippen molar-refractivity contribution in [2.75, 3.05) is 6.54 Å². The summed E-state index contributed by atoms with van der Waals surface area (Å²) in [4.78, 5) is 7.41. The van der Waals surface area contributed by atoms with Gasteiger partial charge >= 0.3 is 0 Å². The number of aromatic amines is 1. The highest BCUT2D eigenvalue weighted by Crippen LogP contribution is 2.22. The van der Waals surface area contributed by atoms with Crippen LogP contribution in [0.5, 0.6) is 0 Å². The molecule has 0 unspecified atom stereocenters. The van der Waals surface area contributed by atoms with E-state index in [2.05, 4.69) is 15.1 Å². The van der Waals surface area contributed by atoms with Gasteiger partial charge in [-0.15, -0.1) is 0 Å². The first-order chi connectivity index (χ1) is 9.11. The van der Waals surface area contributed by atoms with E-state index in [1.54, 1.807) is 17.2 Å². The van der Waals surface area contributed by atoms with Gasteiger partial charge in [-0.3, -0.25) is 4.68 Å². The van der Waals surface area contributed by atoms with Gasteiger partial charge in [0.2, 0.25) is 10.0 Å². The fourth-order valence-corrected chi connectivity index (χ4v) is 3.56. The zero-order valence-electron chi connectivity index (χ0n) is 10.6. The summed E-state index contributed by atoms with van der Waals surface area (Å²) in [5, 5.41) is 4.02. The molecule has 0 aliphatic carbocycles. The van der Waals surface area contributed by atoms with Crippen LogP contribution in [0.4, 0.5) is 0 Å². The van der Waals surface area contributed by atoms with Crippen LogP contribution in [0.2, 0.25) is 0 Å². The number of aromatic nitrogens is 4. The molecule has 0 atom stereocenters. The van der Waals surface area contributed by atoms with E-state index in [1.807, 2.05) is 6.92 Å². The van der Waals surface area contributed by atoms with Crippen LogP contribution < -0.4 is 0 Å². The molecule has 3 rings (SSSR count). The lowest BCUT2D eigenvalue weighted by atomic mass is 10.2. The largest absolute Gasteiger partial charge is 0.347 e. The third-order valence-corrected chi connectivity index (χ3v) is 5.11. The van der Waals surface area contributed by atoms with Crippen molar-refractivity contribution in [3.8, 4) is 0 Å². The molecule has 102 valence electrons. The van der Waals surface area contributed by atoms with Crippen molar-refractivity contribution in [3.63, 3.8) is 0 Å². The summed E-state index contributed by atoms with van der Waals surface area (Å²) < 4.78 is 28.0. The van der Waals surface area contributed by atoms with Gasteiger partial charge in [-0.2, -0.15) is 9.40 Å². The Morgan fingerprint density at radius 1 is 1.47 bits per heavy atom. The number of hydrogen-bond acceptors (Lipinski definition) is 4. The molecule has 0 bridgehead atoms. The number of nitrogens with zero attached hydrogens (tertiary/aromatic N) is 4. The van der Waals surface area contributed by atoms with E-state index in [9.17, 15) is 8.42 Å². The van der Waals surface area contributed by atoms with Crippen LogP contribution in [0.25, 0.3) is 0 Å². The fourth-order valence-electron chi connectivity index (χ4n) is 2.19. The smallest absolute Gasteiger partial charge is 0.246 e. The second-order valence-electron chi connectivity index (χ2n) is 4.45. The SMILES string of the molecule is CCn1cc(S(=O)(=O)N2CCc3nc[nH]c3C2)cn1. The number of imidazole rings is 1. The molecule has 0 fully saturated rings. The molecule has 3 heterocycles. The first-order valence-electron chi connectivity index (χ1n) is 6.15. The average Bonchev–Trinajstić information content (AvgIpc) is 3.06. The third kappa shape index (κ3) is 2.06. The van der Waals surface area contributed by atoms with Gasteiger partial charge in [-0.05, 0) is 6.92 Å². The Bertz CT molecular complexity index is 688. The Hall–Kier alpha value is -1.67. The van der Waals surface area contributed by atoms with Gasteiger partial charge in [-0.25, -0.2) is 13.4 Å². The first-order valence-corrected chi connectivity index (χ1v) is 7.59. The lowest BCUT2D eigenvalue weighted by Gasteiger charge is -2.24. The second kappa shape index (κ2) is 4.46. The number of fused-ring (bicyclic) bond motifs is 1. The lowest BCUT2D eigenvalue weighted by Crippen LogP contribution is -2.35. The number of aryl methyl sites for hydroxylation is 1. The van der Waals surface area contributed by atoms with E-state index in [0.717, 1.165) is 11.4 Å². The maximum absolute atomic E-state index is 12.5. The summed E-state index contributed by atoms with van der Waals surface area (Å²) in [5.74, 6) is 0. The number of rotatable bonds is 3. The summed E-state index contributed by atoms with van der Waals surface area (Å²) in [6.07, 6.45) is 5.22. The van der Waals surface area contributed by atoms with Gasteiger partial charge in [0.25, 0.3) is 0 Å². The third-order valence-electron chi connectivity index (χ3n) is 3.31. The van der Waals surface area contributed by atoms with Gasteiger partial charge in [0.15, 0.2) is 0 Å². The molecule has 1 aliphatic rings. The molecule has 0 saturated heterocycles. The number of sulfonamides is 1. The van der Waals surface area contributed by atoms with Gasteiger partial charge in [0, 0.05) is 25.7 Å². The molecule has 1 N–H and O–H groups in total. The molecule has 8 heteroatoms. The van der Waals surface area contributed by atoms with Crippen LogP contribution in [0.3, 0.4) is 0 Å². The molecule has 2 aromatic rings. The van der Waals surface area contributed by atoms with Crippen LogP contribution >= 0.6 is 0 Å². The Morgan fingerprint density at radius 3 is 3.05 bits per heavy atom. The van der Waals surface area contributed by atoms with Crippen molar-refractivity contribution in [1.82, 2.24) is 24.1 Å². The molecule has 2 aromatic heterocycles. The first kappa shape index (κ1) is 12.4. The Morgan fingerprint density at radius 2 is 2.32 bits per heavy atom. The van der Waals surface area contributed by atoms with Crippen LogP contribution in [-0.4, -0.2) is 39.0 Å². The molecule has 19 heavy (non-hydrogen) atoms. The molecule has 1 aliphatic heterocycles. The highest BCUT2D eigenvalue weighted by Gasteiger charge is 2.30.